The minimum atomic E-state index is -3.54. The van der Waals surface area contributed by atoms with E-state index in [1.54, 1.807) is 24.5 Å². The molecular weight excluding hydrogens is 371 g/mol. The van der Waals surface area contributed by atoms with E-state index < -0.39 is 16.3 Å². The SMILES string of the molecule is CCN(CC)S(=O)(=O)N1CCOC(c2cncc(-c3cccc(F)c3)n2)C1. The Balaban J connectivity index is 1.84. The molecule has 27 heavy (non-hydrogen) atoms. The van der Waals surface area contributed by atoms with Gasteiger partial charge < -0.3 is 4.74 Å². The summed E-state index contributed by atoms with van der Waals surface area (Å²) in [5.41, 5.74) is 1.64. The molecule has 0 aliphatic carbocycles. The first-order valence-electron chi connectivity index (χ1n) is 8.90. The monoisotopic (exact) mass is 394 g/mol. The van der Waals surface area contributed by atoms with Crippen LogP contribution in [0.15, 0.2) is 36.7 Å². The number of benzene rings is 1. The van der Waals surface area contributed by atoms with Gasteiger partial charge in [-0.25, -0.2) is 9.37 Å². The zero-order chi connectivity index (χ0) is 19.4. The van der Waals surface area contributed by atoms with Crippen molar-refractivity contribution in [3.63, 3.8) is 0 Å². The summed E-state index contributed by atoms with van der Waals surface area (Å²) in [4.78, 5) is 8.70. The molecule has 0 N–H and O–H groups in total. The zero-order valence-corrected chi connectivity index (χ0v) is 16.2. The quantitative estimate of drug-likeness (QED) is 0.751. The highest BCUT2D eigenvalue weighted by atomic mass is 32.2. The summed E-state index contributed by atoms with van der Waals surface area (Å²) in [6, 6.07) is 6.10. The maximum Gasteiger partial charge on any atom is 0.282 e. The van der Waals surface area contributed by atoms with E-state index in [0.717, 1.165) is 0 Å². The van der Waals surface area contributed by atoms with E-state index in [4.69, 9.17) is 4.74 Å². The molecule has 1 aromatic carbocycles. The van der Waals surface area contributed by atoms with Gasteiger partial charge in [0.15, 0.2) is 0 Å². The Morgan fingerprint density at radius 1 is 1.30 bits per heavy atom. The fourth-order valence-electron chi connectivity index (χ4n) is 3.05. The van der Waals surface area contributed by atoms with Crippen LogP contribution in [0, 0.1) is 5.82 Å². The first-order valence-corrected chi connectivity index (χ1v) is 10.3. The number of morpholine rings is 1. The van der Waals surface area contributed by atoms with E-state index in [2.05, 4.69) is 9.97 Å². The lowest BCUT2D eigenvalue weighted by Gasteiger charge is -2.34. The van der Waals surface area contributed by atoms with Crippen LogP contribution in [0.5, 0.6) is 0 Å². The average Bonchev–Trinajstić information content (AvgIpc) is 2.69. The van der Waals surface area contributed by atoms with Gasteiger partial charge in [-0.15, -0.1) is 0 Å². The van der Waals surface area contributed by atoms with E-state index in [-0.39, 0.29) is 19.0 Å². The van der Waals surface area contributed by atoms with Gasteiger partial charge in [0.1, 0.15) is 11.9 Å². The van der Waals surface area contributed by atoms with Crippen molar-refractivity contribution in [2.75, 3.05) is 32.8 Å². The van der Waals surface area contributed by atoms with Crippen molar-refractivity contribution in [2.45, 2.75) is 20.0 Å². The predicted octanol–water partition coefficient (Wildman–Crippen LogP) is 2.24. The van der Waals surface area contributed by atoms with E-state index in [1.807, 2.05) is 13.8 Å². The number of ether oxygens (including phenoxy) is 1. The molecule has 0 bridgehead atoms. The van der Waals surface area contributed by atoms with Gasteiger partial charge in [0, 0.05) is 31.7 Å². The first kappa shape index (κ1) is 19.8. The predicted molar refractivity (Wildman–Crippen MR) is 99.5 cm³/mol. The number of nitrogens with zero attached hydrogens (tertiary/aromatic N) is 4. The Morgan fingerprint density at radius 3 is 2.78 bits per heavy atom. The Hall–Kier alpha value is -1.94. The summed E-state index contributed by atoms with van der Waals surface area (Å²) in [7, 11) is -3.54. The molecule has 146 valence electrons. The highest BCUT2D eigenvalue weighted by molar-refractivity contribution is 7.86. The molecule has 1 saturated heterocycles. The molecule has 1 aliphatic rings. The van der Waals surface area contributed by atoms with Crippen LogP contribution in [0.25, 0.3) is 11.3 Å². The second-order valence-corrected chi connectivity index (χ2v) is 8.08. The van der Waals surface area contributed by atoms with Crippen LogP contribution < -0.4 is 0 Å². The van der Waals surface area contributed by atoms with Gasteiger partial charge in [-0.2, -0.15) is 17.0 Å². The van der Waals surface area contributed by atoms with Crippen LogP contribution >= 0.6 is 0 Å². The van der Waals surface area contributed by atoms with Crippen LogP contribution in [0.3, 0.4) is 0 Å². The van der Waals surface area contributed by atoms with E-state index >= 15 is 0 Å². The molecule has 1 aliphatic heterocycles. The number of halogens is 1. The third-order valence-electron chi connectivity index (χ3n) is 4.49. The molecule has 2 aromatic rings. The summed E-state index contributed by atoms with van der Waals surface area (Å²) in [5.74, 6) is -0.356. The molecule has 0 spiro atoms. The summed E-state index contributed by atoms with van der Waals surface area (Å²) in [6.07, 6.45) is 2.58. The lowest BCUT2D eigenvalue weighted by Crippen LogP contribution is -2.49. The van der Waals surface area contributed by atoms with Crippen molar-refractivity contribution in [3.8, 4) is 11.3 Å². The molecule has 9 heteroatoms. The minimum Gasteiger partial charge on any atom is -0.369 e. The van der Waals surface area contributed by atoms with Gasteiger partial charge in [0.2, 0.25) is 0 Å². The second kappa shape index (κ2) is 8.39. The third kappa shape index (κ3) is 4.32. The largest absolute Gasteiger partial charge is 0.369 e. The zero-order valence-electron chi connectivity index (χ0n) is 15.4. The van der Waals surface area contributed by atoms with Crippen molar-refractivity contribution < 1.29 is 17.5 Å². The van der Waals surface area contributed by atoms with Crippen LogP contribution in [0.2, 0.25) is 0 Å². The lowest BCUT2D eigenvalue weighted by molar-refractivity contribution is -0.00672. The molecule has 1 unspecified atom stereocenters. The first-order chi connectivity index (χ1) is 13.0. The molecule has 0 saturated carbocycles. The highest BCUT2D eigenvalue weighted by Gasteiger charge is 2.34. The van der Waals surface area contributed by atoms with Crippen molar-refractivity contribution in [2.24, 2.45) is 0 Å². The van der Waals surface area contributed by atoms with Gasteiger partial charge in [0.25, 0.3) is 10.2 Å². The number of hydrogen-bond donors (Lipinski definition) is 0. The van der Waals surface area contributed by atoms with Gasteiger partial charge in [-0.1, -0.05) is 26.0 Å². The molecule has 1 fully saturated rings. The Morgan fingerprint density at radius 2 is 2.07 bits per heavy atom. The highest BCUT2D eigenvalue weighted by Crippen LogP contribution is 2.25. The average molecular weight is 394 g/mol. The number of aromatic nitrogens is 2. The lowest BCUT2D eigenvalue weighted by atomic mass is 10.1. The van der Waals surface area contributed by atoms with E-state index in [9.17, 15) is 12.8 Å². The van der Waals surface area contributed by atoms with Gasteiger partial charge >= 0.3 is 0 Å². The fourth-order valence-corrected chi connectivity index (χ4v) is 4.66. The molecule has 3 rings (SSSR count). The van der Waals surface area contributed by atoms with Crippen molar-refractivity contribution >= 4 is 10.2 Å². The summed E-state index contributed by atoms with van der Waals surface area (Å²) >= 11 is 0. The number of rotatable bonds is 6. The number of hydrogen-bond acceptors (Lipinski definition) is 5. The van der Waals surface area contributed by atoms with Gasteiger partial charge in [0.05, 0.1) is 30.4 Å². The Labute approximate surface area is 159 Å². The van der Waals surface area contributed by atoms with Crippen LogP contribution in [0.1, 0.15) is 25.6 Å². The summed E-state index contributed by atoms with van der Waals surface area (Å²) in [6.45, 7) is 5.19. The van der Waals surface area contributed by atoms with Gasteiger partial charge in [-0.3, -0.25) is 4.98 Å². The molecular formula is C18H23FN4O3S. The normalized spacial score (nSPS) is 18.7. The maximum atomic E-state index is 13.5. The topological polar surface area (TPSA) is 75.6 Å². The van der Waals surface area contributed by atoms with Crippen molar-refractivity contribution in [3.05, 3.63) is 48.2 Å². The molecule has 0 amide bonds. The minimum absolute atomic E-state index is 0.167. The molecule has 1 atom stereocenters. The Kier molecular flexibility index (Phi) is 6.15. The standard InChI is InChI=1S/C18H23FN4O3S/c1-3-22(4-2)27(24,25)23-8-9-26-18(13-23)17-12-20-11-16(21-17)14-6-5-7-15(19)10-14/h5-7,10-12,18H,3-4,8-9,13H2,1-2H3. The fraction of sp³-hybridized carbons (Fsp3) is 0.444. The van der Waals surface area contributed by atoms with Crippen LogP contribution in [0.4, 0.5) is 4.39 Å². The third-order valence-corrected chi connectivity index (χ3v) is 6.64. The maximum absolute atomic E-state index is 13.5. The summed E-state index contributed by atoms with van der Waals surface area (Å²) < 4.78 is 47.6. The van der Waals surface area contributed by atoms with Crippen LogP contribution in [-0.4, -0.2) is 59.8 Å². The van der Waals surface area contributed by atoms with Gasteiger partial charge in [-0.05, 0) is 12.1 Å². The molecule has 2 heterocycles. The van der Waals surface area contributed by atoms with Crippen molar-refractivity contribution in [1.29, 1.82) is 0 Å². The van der Waals surface area contributed by atoms with E-state index in [1.165, 1.54) is 20.7 Å². The van der Waals surface area contributed by atoms with Crippen molar-refractivity contribution in [1.82, 2.24) is 18.6 Å². The van der Waals surface area contributed by atoms with Crippen LogP contribution in [-0.2, 0) is 14.9 Å². The molecule has 1 aromatic heterocycles. The smallest absolute Gasteiger partial charge is 0.282 e. The molecule has 0 radical (unpaired) electrons. The Bertz CT molecular complexity index is 890. The molecule has 7 nitrogen and oxygen atoms in total. The van der Waals surface area contributed by atoms with E-state index in [0.29, 0.717) is 36.6 Å². The summed E-state index contributed by atoms with van der Waals surface area (Å²) in [5, 5.41) is 0. The second-order valence-electron chi connectivity index (χ2n) is 6.15.